The minimum absolute atomic E-state index is 0.0845. The van der Waals surface area contributed by atoms with Crippen LogP contribution in [0.1, 0.15) is 46.0 Å². The van der Waals surface area contributed by atoms with Crippen molar-refractivity contribution in [2.45, 2.75) is 52.2 Å². The van der Waals surface area contributed by atoms with Crippen molar-refractivity contribution in [1.29, 1.82) is 0 Å². The van der Waals surface area contributed by atoms with Crippen molar-refractivity contribution in [3.8, 4) is 0 Å². The number of aliphatic carboxylic acids is 1. The monoisotopic (exact) mass is 204 g/mol. The van der Waals surface area contributed by atoms with E-state index in [9.17, 15) is 4.79 Å². The lowest BCUT2D eigenvalue weighted by Crippen LogP contribution is -2.34. The Hall–Kier alpha value is -0.610. The fourth-order valence-electron chi connectivity index (χ4n) is 1.63. The van der Waals surface area contributed by atoms with Crippen molar-refractivity contribution in [1.82, 2.24) is 0 Å². The average molecular weight is 204 g/mol. The van der Waals surface area contributed by atoms with Crippen molar-refractivity contribution in [2.24, 2.45) is 5.41 Å². The molecule has 0 aromatic heterocycles. The zero-order valence-electron chi connectivity index (χ0n) is 8.86. The molecule has 0 aliphatic carbocycles. The first kappa shape index (κ1) is 13.4. The third-order valence-electron chi connectivity index (χ3n) is 2.71. The lowest BCUT2D eigenvalue weighted by molar-refractivity contribution is -0.157. The van der Waals surface area contributed by atoms with Crippen LogP contribution in [0.2, 0.25) is 0 Å². The van der Waals surface area contributed by atoms with Gasteiger partial charge < -0.3 is 15.3 Å². The highest BCUT2D eigenvalue weighted by molar-refractivity contribution is 5.74. The van der Waals surface area contributed by atoms with E-state index < -0.39 is 17.7 Å². The number of carboxylic acids is 1. The lowest BCUT2D eigenvalue weighted by Gasteiger charge is -2.28. The molecule has 1 unspecified atom stereocenters. The summed E-state index contributed by atoms with van der Waals surface area (Å²) in [7, 11) is 0. The predicted molar refractivity (Wildman–Crippen MR) is 52.7 cm³/mol. The smallest absolute Gasteiger partial charge is 0.309 e. The second-order valence-electron chi connectivity index (χ2n) is 3.73. The Morgan fingerprint density at radius 3 is 2.21 bits per heavy atom. The maximum absolute atomic E-state index is 11.1. The first-order valence-corrected chi connectivity index (χ1v) is 5.08. The number of aliphatic hydroxyl groups excluding tert-OH is 1. The normalized spacial score (nSPS) is 15.5. The van der Waals surface area contributed by atoms with Gasteiger partial charge in [0.15, 0.2) is 6.29 Å². The second-order valence-corrected chi connectivity index (χ2v) is 3.73. The maximum atomic E-state index is 11.1. The number of hydrogen-bond donors (Lipinski definition) is 3. The SMILES string of the molecule is CCCCC(CC)(CC(O)O)C(=O)O. The maximum Gasteiger partial charge on any atom is 0.309 e. The summed E-state index contributed by atoms with van der Waals surface area (Å²) in [5, 5.41) is 26.8. The van der Waals surface area contributed by atoms with Gasteiger partial charge in [-0.05, 0) is 12.8 Å². The van der Waals surface area contributed by atoms with E-state index in [1.165, 1.54) is 0 Å². The van der Waals surface area contributed by atoms with Gasteiger partial charge in [0.2, 0.25) is 0 Å². The summed E-state index contributed by atoms with van der Waals surface area (Å²) in [6.45, 7) is 3.75. The number of rotatable bonds is 7. The quantitative estimate of drug-likeness (QED) is 0.547. The molecule has 0 spiro atoms. The first-order chi connectivity index (χ1) is 6.48. The molecule has 0 heterocycles. The molecule has 0 aromatic carbocycles. The standard InChI is InChI=1S/C10H20O4/c1-3-5-6-10(4-2,9(13)14)7-8(11)12/h8,11-12H,3-7H2,1-2H3,(H,13,14). The third-order valence-corrected chi connectivity index (χ3v) is 2.71. The van der Waals surface area contributed by atoms with Gasteiger partial charge in [-0.25, -0.2) is 0 Å². The summed E-state index contributed by atoms with van der Waals surface area (Å²) in [5.74, 6) is -0.929. The molecule has 4 nitrogen and oxygen atoms in total. The second kappa shape index (κ2) is 5.98. The number of aliphatic hydroxyl groups is 2. The van der Waals surface area contributed by atoms with E-state index in [-0.39, 0.29) is 6.42 Å². The summed E-state index contributed by atoms with van der Waals surface area (Å²) < 4.78 is 0. The summed E-state index contributed by atoms with van der Waals surface area (Å²) >= 11 is 0. The van der Waals surface area contributed by atoms with Crippen molar-refractivity contribution < 1.29 is 20.1 Å². The highest BCUT2D eigenvalue weighted by Crippen LogP contribution is 2.34. The molecule has 0 aliphatic heterocycles. The van der Waals surface area contributed by atoms with Gasteiger partial charge in [0, 0.05) is 6.42 Å². The van der Waals surface area contributed by atoms with Gasteiger partial charge in [0.1, 0.15) is 0 Å². The van der Waals surface area contributed by atoms with Crippen LogP contribution in [-0.4, -0.2) is 27.6 Å². The van der Waals surface area contributed by atoms with Gasteiger partial charge in [0.05, 0.1) is 5.41 Å². The fraction of sp³-hybridized carbons (Fsp3) is 0.900. The van der Waals surface area contributed by atoms with Crippen molar-refractivity contribution in [3.05, 3.63) is 0 Å². The van der Waals surface area contributed by atoms with Crippen LogP contribution in [0.3, 0.4) is 0 Å². The van der Waals surface area contributed by atoms with Gasteiger partial charge in [-0.1, -0.05) is 26.7 Å². The van der Waals surface area contributed by atoms with Gasteiger partial charge in [-0.2, -0.15) is 0 Å². The minimum Gasteiger partial charge on any atom is -0.481 e. The molecule has 0 aliphatic rings. The molecule has 1 atom stereocenters. The molecule has 0 bridgehead atoms. The Morgan fingerprint density at radius 1 is 1.36 bits per heavy atom. The van der Waals surface area contributed by atoms with Crippen LogP contribution < -0.4 is 0 Å². The van der Waals surface area contributed by atoms with Gasteiger partial charge in [-0.15, -0.1) is 0 Å². The highest BCUT2D eigenvalue weighted by Gasteiger charge is 2.37. The minimum atomic E-state index is -1.54. The zero-order valence-corrected chi connectivity index (χ0v) is 8.86. The predicted octanol–water partition coefficient (Wildman–Crippen LogP) is 1.36. The average Bonchev–Trinajstić information content (AvgIpc) is 2.11. The lowest BCUT2D eigenvalue weighted by atomic mass is 9.77. The molecule has 0 rings (SSSR count). The third kappa shape index (κ3) is 3.64. The molecule has 0 radical (unpaired) electrons. The highest BCUT2D eigenvalue weighted by atomic mass is 16.5. The number of hydrogen-bond acceptors (Lipinski definition) is 3. The Balaban J connectivity index is 4.51. The Kier molecular flexibility index (Phi) is 5.72. The molecular weight excluding hydrogens is 184 g/mol. The van der Waals surface area contributed by atoms with E-state index in [0.717, 1.165) is 12.8 Å². The van der Waals surface area contributed by atoms with E-state index in [0.29, 0.717) is 12.8 Å². The van der Waals surface area contributed by atoms with Crippen LogP contribution in [0.25, 0.3) is 0 Å². The Morgan fingerprint density at radius 2 is 1.93 bits per heavy atom. The van der Waals surface area contributed by atoms with Crippen molar-refractivity contribution in [3.63, 3.8) is 0 Å². The number of carbonyl (C=O) groups is 1. The van der Waals surface area contributed by atoms with Gasteiger partial charge >= 0.3 is 5.97 Å². The van der Waals surface area contributed by atoms with Crippen LogP contribution in [0.5, 0.6) is 0 Å². The topological polar surface area (TPSA) is 77.8 Å². The van der Waals surface area contributed by atoms with Crippen LogP contribution >= 0.6 is 0 Å². The number of unbranched alkanes of at least 4 members (excludes halogenated alkanes) is 1. The molecule has 14 heavy (non-hydrogen) atoms. The van der Waals surface area contributed by atoms with Crippen LogP contribution in [-0.2, 0) is 4.79 Å². The number of carboxylic acid groups (broad SMARTS) is 1. The van der Waals surface area contributed by atoms with E-state index in [2.05, 4.69) is 0 Å². The van der Waals surface area contributed by atoms with Gasteiger partial charge in [0.25, 0.3) is 0 Å². The van der Waals surface area contributed by atoms with E-state index in [1.54, 1.807) is 6.92 Å². The Labute approximate surface area is 84.6 Å². The largest absolute Gasteiger partial charge is 0.481 e. The van der Waals surface area contributed by atoms with Crippen LogP contribution in [0.4, 0.5) is 0 Å². The summed E-state index contributed by atoms with van der Waals surface area (Å²) in [5.41, 5.74) is -0.968. The molecule has 0 fully saturated rings. The molecule has 0 saturated heterocycles. The summed E-state index contributed by atoms with van der Waals surface area (Å²) in [6, 6.07) is 0. The molecule has 84 valence electrons. The van der Waals surface area contributed by atoms with E-state index in [1.807, 2.05) is 6.92 Å². The summed E-state index contributed by atoms with van der Waals surface area (Å²) in [4.78, 5) is 11.1. The molecule has 4 heteroatoms. The molecule has 0 aromatic rings. The Bertz CT molecular complexity index is 179. The van der Waals surface area contributed by atoms with E-state index in [4.69, 9.17) is 15.3 Å². The van der Waals surface area contributed by atoms with Crippen LogP contribution in [0, 0.1) is 5.41 Å². The fourth-order valence-corrected chi connectivity index (χ4v) is 1.63. The molecular formula is C10H20O4. The molecule has 3 N–H and O–H groups in total. The summed E-state index contributed by atoms with van der Waals surface area (Å²) in [6.07, 6.45) is 1.03. The first-order valence-electron chi connectivity index (χ1n) is 5.08. The zero-order chi connectivity index (χ0) is 11.2. The molecule has 0 amide bonds. The van der Waals surface area contributed by atoms with Crippen LogP contribution in [0.15, 0.2) is 0 Å². The van der Waals surface area contributed by atoms with Crippen molar-refractivity contribution in [2.75, 3.05) is 0 Å². The van der Waals surface area contributed by atoms with Gasteiger partial charge in [-0.3, -0.25) is 4.79 Å². The van der Waals surface area contributed by atoms with E-state index >= 15 is 0 Å². The molecule has 0 saturated carbocycles. The van der Waals surface area contributed by atoms with Crippen molar-refractivity contribution >= 4 is 5.97 Å².